The van der Waals surface area contributed by atoms with Crippen molar-refractivity contribution in [3.63, 3.8) is 0 Å². The summed E-state index contributed by atoms with van der Waals surface area (Å²) in [4.78, 5) is 0. The Morgan fingerprint density at radius 3 is 1.22 bits per heavy atom. The van der Waals surface area contributed by atoms with Crippen LogP contribution in [0.15, 0.2) is 0 Å². The van der Waals surface area contributed by atoms with Crippen LogP contribution in [0.4, 0.5) is 0 Å². The summed E-state index contributed by atoms with van der Waals surface area (Å²) in [6.07, 6.45) is 0. The molecule has 1 radical (unpaired) electrons. The van der Waals surface area contributed by atoms with E-state index in [1.807, 2.05) is 0 Å². The van der Waals surface area contributed by atoms with Crippen molar-refractivity contribution in [3.05, 3.63) is 6.55 Å². The van der Waals surface area contributed by atoms with E-state index < -0.39 is 8.07 Å². The zero-order valence-corrected chi connectivity index (χ0v) is 7.33. The van der Waals surface area contributed by atoms with Crippen LogP contribution in [0.3, 0.4) is 0 Å². The molecule has 0 aliphatic rings. The van der Waals surface area contributed by atoms with E-state index in [2.05, 4.69) is 27.3 Å². The van der Waals surface area contributed by atoms with Crippen molar-refractivity contribution in [1.82, 2.24) is 0 Å². The Hall–Kier alpha value is 0.814. The molecular weight excluding hydrogens is 119 g/mol. The molecule has 0 aromatic carbocycles. The van der Waals surface area contributed by atoms with Gasteiger partial charge in [0.1, 0.15) is 0 Å². The molecule has 0 heterocycles. The van der Waals surface area contributed by atoms with Gasteiger partial charge in [0.25, 0.3) is 0 Å². The molecule has 51 valence electrons. The maximum absolute atomic E-state index is 4.26. The molecule has 9 heavy (non-hydrogen) atoms. The normalized spacial score (nSPS) is 10.7. The molecule has 0 nitrogen and oxygen atoms in total. The van der Waals surface area contributed by atoms with Crippen LogP contribution in [0.5, 0.6) is 0 Å². The third-order valence-electron chi connectivity index (χ3n) is 2.25. The van der Waals surface area contributed by atoms with Crippen LogP contribution in [0.2, 0.25) is 18.1 Å². The molecule has 0 spiro atoms. The third kappa shape index (κ3) is 4.25. The van der Waals surface area contributed by atoms with Gasteiger partial charge in [0.05, 0.1) is 8.07 Å². The first kappa shape index (κ1) is 12.5. The van der Waals surface area contributed by atoms with Gasteiger partial charge in [0, 0.05) is 0 Å². The molecule has 0 aliphatic heterocycles. The number of rotatable bonds is 3. The van der Waals surface area contributed by atoms with Gasteiger partial charge in [0.15, 0.2) is 0 Å². The predicted octanol–water partition coefficient (Wildman–Crippen LogP) is 2.22. The molecule has 0 bridgehead atoms. The van der Waals surface area contributed by atoms with Gasteiger partial charge in [-0.05, 0) is 0 Å². The molecular formula is C7H18LiSi. The second kappa shape index (κ2) is 5.59. The van der Waals surface area contributed by atoms with Crippen LogP contribution >= 0.6 is 0 Å². The van der Waals surface area contributed by atoms with Crippen molar-refractivity contribution >= 4 is 26.9 Å². The second-order valence-corrected chi connectivity index (χ2v) is 7.68. The van der Waals surface area contributed by atoms with E-state index in [1.54, 1.807) is 0 Å². The van der Waals surface area contributed by atoms with E-state index in [9.17, 15) is 0 Å². The fraction of sp³-hybridized carbons (Fsp3) is 0.857. The van der Waals surface area contributed by atoms with Crippen LogP contribution in [-0.2, 0) is 0 Å². The number of hydrogen-bond acceptors (Lipinski definition) is 0. The summed E-state index contributed by atoms with van der Waals surface area (Å²) in [5.41, 5.74) is 0. The molecule has 0 amide bonds. The van der Waals surface area contributed by atoms with E-state index in [1.165, 1.54) is 18.1 Å². The van der Waals surface area contributed by atoms with Gasteiger partial charge >= 0.3 is 18.9 Å². The molecule has 0 aromatic heterocycles. The Balaban J connectivity index is 0. The van der Waals surface area contributed by atoms with Crippen molar-refractivity contribution in [2.75, 3.05) is 0 Å². The van der Waals surface area contributed by atoms with Crippen molar-refractivity contribution in [2.45, 2.75) is 38.9 Å². The summed E-state index contributed by atoms with van der Waals surface area (Å²) >= 11 is 0. The Morgan fingerprint density at radius 1 is 1.00 bits per heavy atom. The van der Waals surface area contributed by atoms with Crippen LogP contribution in [0, 0.1) is 6.55 Å². The quantitative estimate of drug-likeness (QED) is 0.523. The summed E-state index contributed by atoms with van der Waals surface area (Å²) in [6.45, 7) is 11.1. The Morgan fingerprint density at radius 2 is 1.22 bits per heavy atom. The molecule has 0 saturated carbocycles. The molecule has 0 fully saturated rings. The van der Waals surface area contributed by atoms with Crippen molar-refractivity contribution in [2.24, 2.45) is 0 Å². The van der Waals surface area contributed by atoms with E-state index in [4.69, 9.17) is 0 Å². The average molecular weight is 137 g/mol. The van der Waals surface area contributed by atoms with Gasteiger partial charge in [-0.15, -0.1) is 0 Å². The van der Waals surface area contributed by atoms with Crippen molar-refractivity contribution in [3.8, 4) is 0 Å². The number of hydrogen-bond donors (Lipinski definition) is 0. The van der Waals surface area contributed by atoms with Crippen LogP contribution < -0.4 is 0 Å². The molecule has 0 aliphatic carbocycles. The van der Waals surface area contributed by atoms with E-state index in [-0.39, 0.29) is 18.9 Å². The van der Waals surface area contributed by atoms with E-state index in [0.29, 0.717) is 0 Å². The zero-order valence-electron chi connectivity index (χ0n) is 6.33. The fourth-order valence-electron chi connectivity index (χ4n) is 0.750. The van der Waals surface area contributed by atoms with E-state index in [0.717, 1.165) is 0 Å². The minimum absolute atomic E-state index is 0. The average Bonchev–Trinajstić information content (AvgIpc) is 1.87. The maximum atomic E-state index is 4.26. The third-order valence-corrected chi connectivity index (χ3v) is 6.75. The van der Waals surface area contributed by atoms with Gasteiger partial charge in [0.2, 0.25) is 0 Å². The Kier molecular flexibility index (Phi) is 7.75. The Bertz CT molecular complexity index is 51.7. The molecule has 0 unspecified atom stereocenters. The standard InChI is InChI=1S/C7H17Si.Li.H/c1-5-8(4,6-2)7-3;;/h4-7H2,1-3H3;;. The predicted molar refractivity (Wildman–Crippen MR) is 49.7 cm³/mol. The van der Waals surface area contributed by atoms with Gasteiger partial charge in [-0.25, -0.2) is 0 Å². The summed E-state index contributed by atoms with van der Waals surface area (Å²) in [7, 11) is -0.921. The summed E-state index contributed by atoms with van der Waals surface area (Å²) in [6, 6.07) is 4.04. The van der Waals surface area contributed by atoms with Crippen LogP contribution in [-0.4, -0.2) is 26.9 Å². The first-order chi connectivity index (χ1) is 3.68. The molecule has 2 heteroatoms. The van der Waals surface area contributed by atoms with Crippen LogP contribution in [0.1, 0.15) is 20.8 Å². The van der Waals surface area contributed by atoms with Gasteiger partial charge in [-0.3, -0.25) is 0 Å². The van der Waals surface area contributed by atoms with Gasteiger partial charge < -0.3 is 0 Å². The van der Waals surface area contributed by atoms with Crippen molar-refractivity contribution < 1.29 is 0 Å². The monoisotopic (exact) mass is 137 g/mol. The SMILES string of the molecule is [CH2][Si](CC)(CC)CC.[LiH]. The summed E-state index contributed by atoms with van der Waals surface area (Å²) in [5, 5.41) is 0. The zero-order chi connectivity index (χ0) is 6.62. The topological polar surface area (TPSA) is 0 Å². The summed E-state index contributed by atoms with van der Waals surface area (Å²) < 4.78 is 0. The van der Waals surface area contributed by atoms with Crippen molar-refractivity contribution in [1.29, 1.82) is 0 Å². The second-order valence-electron chi connectivity index (χ2n) is 2.56. The molecule has 0 atom stereocenters. The van der Waals surface area contributed by atoms with Gasteiger partial charge in [-0.1, -0.05) is 45.5 Å². The Labute approximate surface area is 72.6 Å². The molecule has 0 aromatic rings. The molecule has 0 saturated heterocycles. The molecule has 0 N–H and O–H groups in total. The van der Waals surface area contributed by atoms with Crippen LogP contribution in [0.25, 0.3) is 0 Å². The molecule has 0 rings (SSSR count). The van der Waals surface area contributed by atoms with E-state index >= 15 is 0 Å². The minimum atomic E-state index is -0.921. The summed E-state index contributed by atoms with van der Waals surface area (Å²) in [5.74, 6) is 0. The van der Waals surface area contributed by atoms with Gasteiger partial charge in [-0.2, -0.15) is 0 Å². The first-order valence-electron chi connectivity index (χ1n) is 3.54. The first-order valence-corrected chi connectivity index (χ1v) is 6.36. The fourth-order valence-corrected chi connectivity index (χ4v) is 2.25.